The number of rotatable bonds is 5. The van der Waals surface area contributed by atoms with Gasteiger partial charge in [-0.15, -0.1) is 24.2 Å². The van der Waals surface area contributed by atoms with Gasteiger partial charge in [0.25, 0.3) is 0 Å². The molecule has 0 bridgehead atoms. The molecule has 0 amide bonds. The van der Waals surface area contributed by atoms with Gasteiger partial charge in [0, 0.05) is 36.7 Å². The summed E-state index contributed by atoms with van der Waals surface area (Å²) in [4.78, 5) is 7.34. The van der Waals surface area contributed by atoms with E-state index in [1.165, 1.54) is 17.8 Å². The molecule has 5 nitrogen and oxygen atoms in total. The molecule has 1 aliphatic rings. The molecule has 3 rings (SSSR count). The zero-order valence-electron chi connectivity index (χ0n) is 12.9. The first kappa shape index (κ1) is 18.2. The third-order valence-corrected chi connectivity index (χ3v) is 4.75. The largest absolute Gasteiger partial charge is 0.339 e. The number of aryl methyl sites for hydroxylation is 1. The predicted octanol–water partition coefficient (Wildman–Crippen LogP) is 2.54. The summed E-state index contributed by atoms with van der Waals surface area (Å²) in [6.45, 7) is 2.79. The first-order valence-corrected chi connectivity index (χ1v) is 8.33. The second-order valence-electron chi connectivity index (χ2n) is 5.28. The van der Waals surface area contributed by atoms with Crippen LogP contribution in [0.2, 0.25) is 0 Å². The summed E-state index contributed by atoms with van der Waals surface area (Å²) in [7, 11) is 2.07. The third-order valence-electron chi connectivity index (χ3n) is 3.70. The Morgan fingerprint density at radius 1 is 1.43 bits per heavy atom. The van der Waals surface area contributed by atoms with Crippen LogP contribution in [0, 0.1) is 5.82 Å². The standard InChI is InChI=1S/C15H19FN4OS.ClH/c1-20-8-7-17-10-12(20)15-18-14(21-19-15)6-9-22-13-5-3-2-4-11(13)16;/h2-5,12,17H,6-10H2,1H3;1H. The van der Waals surface area contributed by atoms with Crippen molar-refractivity contribution in [2.75, 3.05) is 32.4 Å². The van der Waals surface area contributed by atoms with Gasteiger partial charge in [-0.2, -0.15) is 4.98 Å². The van der Waals surface area contributed by atoms with E-state index in [9.17, 15) is 4.39 Å². The van der Waals surface area contributed by atoms with Crippen LogP contribution in [0.15, 0.2) is 33.7 Å². The van der Waals surface area contributed by atoms with Gasteiger partial charge in [-0.25, -0.2) is 4.39 Å². The van der Waals surface area contributed by atoms with Crippen molar-refractivity contribution in [2.24, 2.45) is 0 Å². The number of thioether (sulfide) groups is 1. The SMILES string of the molecule is CN1CCNCC1c1noc(CCSc2ccccc2F)n1.Cl. The molecule has 1 atom stereocenters. The quantitative estimate of drug-likeness (QED) is 0.829. The van der Waals surface area contributed by atoms with E-state index in [1.807, 2.05) is 6.07 Å². The fourth-order valence-electron chi connectivity index (χ4n) is 2.41. The third kappa shape index (κ3) is 4.67. The summed E-state index contributed by atoms with van der Waals surface area (Å²) in [6.07, 6.45) is 0.635. The molecule has 1 aliphatic heterocycles. The minimum absolute atomic E-state index is 0. The Morgan fingerprint density at radius 2 is 2.26 bits per heavy atom. The molecule has 1 aromatic carbocycles. The van der Waals surface area contributed by atoms with Crippen LogP contribution in [0.3, 0.4) is 0 Å². The number of hydrogen-bond acceptors (Lipinski definition) is 6. The van der Waals surface area contributed by atoms with Crippen molar-refractivity contribution in [1.29, 1.82) is 0 Å². The molecular formula is C15H20ClFN4OS. The number of hydrogen-bond donors (Lipinski definition) is 1. The van der Waals surface area contributed by atoms with Crippen LogP contribution in [0.25, 0.3) is 0 Å². The van der Waals surface area contributed by atoms with E-state index in [1.54, 1.807) is 12.1 Å². The second kappa shape index (κ2) is 8.63. The highest BCUT2D eigenvalue weighted by molar-refractivity contribution is 7.99. The molecule has 126 valence electrons. The average molecular weight is 359 g/mol. The Bertz CT molecular complexity index is 627. The lowest BCUT2D eigenvalue weighted by Crippen LogP contribution is -2.44. The highest BCUT2D eigenvalue weighted by Crippen LogP contribution is 2.22. The number of likely N-dealkylation sites (N-methyl/N-ethyl adjacent to an activating group) is 1. The van der Waals surface area contributed by atoms with E-state index in [4.69, 9.17) is 4.52 Å². The Morgan fingerprint density at radius 3 is 3.04 bits per heavy atom. The summed E-state index contributed by atoms with van der Waals surface area (Å²) in [5, 5.41) is 7.42. The summed E-state index contributed by atoms with van der Waals surface area (Å²) >= 11 is 1.46. The molecule has 2 aromatic rings. The van der Waals surface area contributed by atoms with E-state index in [0.29, 0.717) is 23.0 Å². The number of nitrogens with zero attached hydrogens (tertiary/aromatic N) is 3. The summed E-state index contributed by atoms with van der Waals surface area (Å²) in [5.41, 5.74) is 0. The lowest BCUT2D eigenvalue weighted by molar-refractivity contribution is 0.190. The molecule has 0 saturated carbocycles. The Hall–Kier alpha value is -1.15. The molecule has 1 saturated heterocycles. The molecule has 1 N–H and O–H groups in total. The highest BCUT2D eigenvalue weighted by atomic mass is 35.5. The molecule has 0 spiro atoms. The van der Waals surface area contributed by atoms with Crippen molar-refractivity contribution in [3.05, 3.63) is 41.8 Å². The van der Waals surface area contributed by atoms with Gasteiger partial charge in [-0.1, -0.05) is 17.3 Å². The van der Waals surface area contributed by atoms with Gasteiger partial charge in [0.1, 0.15) is 5.82 Å². The summed E-state index contributed by atoms with van der Waals surface area (Å²) in [5.74, 6) is 1.86. The van der Waals surface area contributed by atoms with Crippen molar-refractivity contribution >= 4 is 24.2 Å². The molecule has 1 fully saturated rings. The molecule has 23 heavy (non-hydrogen) atoms. The lowest BCUT2D eigenvalue weighted by atomic mass is 10.2. The predicted molar refractivity (Wildman–Crippen MR) is 90.6 cm³/mol. The molecule has 8 heteroatoms. The lowest BCUT2D eigenvalue weighted by Gasteiger charge is -2.30. The van der Waals surface area contributed by atoms with Gasteiger partial charge in [0.05, 0.1) is 6.04 Å². The highest BCUT2D eigenvalue weighted by Gasteiger charge is 2.25. The molecule has 1 unspecified atom stereocenters. The van der Waals surface area contributed by atoms with Crippen molar-refractivity contribution in [3.8, 4) is 0 Å². The van der Waals surface area contributed by atoms with Gasteiger partial charge in [-0.05, 0) is 19.2 Å². The maximum atomic E-state index is 13.5. The second-order valence-corrected chi connectivity index (χ2v) is 6.41. The minimum atomic E-state index is -0.186. The van der Waals surface area contributed by atoms with Crippen LogP contribution in [-0.4, -0.2) is 47.5 Å². The number of benzene rings is 1. The fourth-order valence-corrected chi connectivity index (χ4v) is 3.29. The van der Waals surface area contributed by atoms with Crippen molar-refractivity contribution in [3.63, 3.8) is 0 Å². The number of piperazine rings is 1. The van der Waals surface area contributed by atoms with Crippen LogP contribution in [0.4, 0.5) is 4.39 Å². The number of halogens is 2. The number of nitrogens with one attached hydrogen (secondary N) is 1. The zero-order chi connectivity index (χ0) is 15.4. The molecule has 0 aliphatic carbocycles. The van der Waals surface area contributed by atoms with Crippen LogP contribution in [-0.2, 0) is 6.42 Å². The van der Waals surface area contributed by atoms with E-state index in [0.717, 1.165) is 25.5 Å². The van der Waals surface area contributed by atoms with Gasteiger partial charge in [0.15, 0.2) is 5.82 Å². The monoisotopic (exact) mass is 358 g/mol. The minimum Gasteiger partial charge on any atom is -0.339 e. The van der Waals surface area contributed by atoms with E-state index >= 15 is 0 Å². The zero-order valence-corrected chi connectivity index (χ0v) is 14.5. The maximum Gasteiger partial charge on any atom is 0.227 e. The Balaban J connectivity index is 0.00000192. The Kier molecular flexibility index (Phi) is 6.83. The van der Waals surface area contributed by atoms with E-state index in [-0.39, 0.29) is 24.3 Å². The number of aromatic nitrogens is 2. The van der Waals surface area contributed by atoms with E-state index in [2.05, 4.69) is 27.4 Å². The first-order valence-electron chi connectivity index (χ1n) is 7.35. The molecule has 2 heterocycles. The van der Waals surface area contributed by atoms with Crippen LogP contribution in [0.1, 0.15) is 17.8 Å². The normalized spacial score (nSPS) is 18.6. The van der Waals surface area contributed by atoms with Gasteiger partial charge in [0.2, 0.25) is 5.89 Å². The Labute approximate surface area is 145 Å². The maximum absolute atomic E-state index is 13.5. The van der Waals surface area contributed by atoms with Crippen LogP contribution < -0.4 is 5.32 Å². The first-order chi connectivity index (χ1) is 10.7. The summed E-state index contributed by atoms with van der Waals surface area (Å²) < 4.78 is 18.8. The van der Waals surface area contributed by atoms with Gasteiger partial charge in [-0.3, -0.25) is 4.90 Å². The topological polar surface area (TPSA) is 54.2 Å². The van der Waals surface area contributed by atoms with Crippen LogP contribution in [0.5, 0.6) is 0 Å². The van der Waals surface area contributed by atoms with Gasteiger partial charge >= 0.3 is 0 Å². The van der Waals surface area contributed by atoms with E-state index < -0.39 is 0 Å². The molecule has 1 aromatic heterocycles. The smallest absolute Gasteiger partial charge is 0.227 e. The van der Waals surface area contributed by atoms with Crippen LogP contribution >= 0.6 is 24.2 Å². The average Bonchev–Trinajstić information content (AvgIpc) is 2.98. The van der Waals surface area contributed by atoms with Crippen molar-refractivity contribution in [1.82, 2.24) is 20.4 Å². The van der Waals surface area contributed by atoms with Gasteiger partial charge < -0.3 is 9.84 Å². The summed E-state index contributed by atoms with van der Waals surface area (Å²) in [6, 6.07) is 6.94. The van der Waals surface area contributed by atoms with Crippen molar-refractivity contribution in [2.45, 2.75) is 17.4 Å². The molecule has 0 radical (unpaired) electrons. The molecular weight excluding hydrogens is 339 g/mol. The fraction of sp³-hybridized carbons (Fsp3) is 0.467. The van der Waals surface area contributed by atoms with Crippen molar-refractivity contribution < 1.29 is 8.91 Å².